The van der Waals surface area contributed by atoms with E-state index >= 15 is 4.39 Å². The predicted octanol–water partition coefficient (Wildman–Crippen LogP) is 3.65. The minimum absolute atomic E-state index is 0.0499. The maximum absolute atomic E-state index is 15.0. The van der Waals surface area contributed by atoms with Crippen LogP contribution < -0.4 is 0 Å². The quantitative estimate of drug-likeness (QED) is 0.184. The van der Waals surface area contributed by atoms with E-state index in [0.717, 1.165) is 12.1 Å². The van der Waals surface area contributed by atoms with Gasteiger partial charge in [0.15, 0.2) is 5.83 Å². The third-order valence-electron chi connectivity index (χ3n) is 4.76. The highest BCUT2D eigenvalue weighted by molar-refractivity contribution is 14.1. The van der Waals surface area contributed by atoms with Crippen LogP contribution in [0, 0.1) is 6.92 Å². The normalized spacial score (nSPS) is 26.0. The maximum atomic E-state index is 15.0. The summed E-state index contributed by atoms with van der Waals surface area (Å²) in [5, 5.41) is 18.7. The van der Waals surface area contributed by atoms with E-state index in [1.807, 2.05) is 0 Å². The number of imidazole rings is 1. The van der Waals surface area contributed by atoms with E-state index < -0.39 is 30.0 Å². The maximum Gasteiger partial charge on any atom is 0.469 e. The van der Waals surface area contributed by atoms with Gasteiger partial charge in [-0.05, 0) is 47.2 Å². The van der Waals surface area contributed by atoms with Crippen LogP contribution in [0.4, 0.5) is 8.78 Å². The van der Waals surface area contributed by atoms with Crippen LogP contribution in [0.2, 0.25) is 31.0 Å². The third kappa shape index (κ3) is 5.28. The molecule has 1 aromatic heterocycles. The molecule has 0 radical (unpaired) electrons. The molecule has 0 saturated carbocycles. The Bertz CT molecular complexity index is 734. The van der Waals surface area contributed by atoms with E-state index in [0.29, 0.717) is 12.4 Å². The molecule has 27 heavy (non-hydrogen) atoms. The fraction of sp³-hybridized carbons (Fsp3) is 0.588. The first-order chi connectivity index (χ1) is 12.4. The van der Waals surface area contributed by atoms with Gasteiger partial charge in [-0.2, -0.15) is 0 Å². The number of alkyl halides is 2. The molecule has 1 aromatic rings. The number of hydrogen-bond acceptors (Lipinski definition) is 4. The summed E-state index contributed by atoms with van der Waals surface area (Å²) in [6, 6.07) is 0.885. The molecule has 0 aliphatic heterocycles. The Morgan fingerprint density at radius 2 is 2.00 bits per heavy atom. The van der Waals surface area contributed by atoms with Crippen molar-refractivity contribution in [1.82, 2.24) is 9.55 Å². The van der Waals surface area contributed by atoms with Crippen molar-refractivity contribution in [2.75, 3.05) is 13.2 Å². The second kappa shape index (κ2) is 8.44. The predicted molar refractivity (Wildman–Crippen MR) is 114 cm³/mol. The molecule has 2 unspecified atom stereocenters. The van der Waals surface area contributed by atoms with Crippen LogP contribution in [0.15, 0.2) is 35.9 Å². The number of ether oxygens (including phenoxy) is 1. The van der Waals surface area contributed by atoms with Crippen molar-refractivity contribution < 1.29 is 23.6 Å². The number of aromatic nitrogens is 2. The standard InChI is InChI=1S/C17H26BF2IN2O3Si/c1-13-22-7-8-23(13)11-14-15(19)17(20,21)6-5-16(14,18(24)25)12-26-9-10-27(2,3)4/h5-8,24-25H,9-12H2,1-4H3. The molecule has 2 rings (SSSR count). The number of nitrogens with zero attached hydrogens (tertiary/aromatic N) is 2. The molecular formula is C17H26BF2IN2O3Si. The highest BCUT2D eigenvalue weighted by atomic mass is 127. The molecule has 0 aromatic carbocycles. The second-order valence-corrected chi connectivity index (χ2v) is 15.3. The number of rotatable bonds is 8. The van der Waals surface area contributed by atoms with E-state index in [4.69, 9.17) is 4.74 Å². The molecule has 0 spiro atoms. The highest BCUT2D eigenvalue weighted by Gasteiger charge is 2.51. The van der Waals surface area contributed by atoms with Gasteiger partial charge in [0, 0.05) is 33.6 Å². The Labute approximate surface area is 173 Å². The zero-order chi connectivity index (χ0) is 20.5. The van der Waals surface area contributed by atoms with Crippen LogP contribution in [-0.4, -0.2) is 51.7 Å². The third-order valence-corrected chi connectivity index (χ3v) is 7.30. The molecule has 1 aliphatic carbocycles. The lowest BCUT2D eigenvalue weighted by atomic mass is 9.52. The fourth-order valence-corrected chi connectivity index (χ4v) is 4.12. The van der Waals surface area contributed by atoms with Gasteiger partial charge in [-0.15, -0.1) is 0 Å². The Kier molecular flexibility index (Phi) is 7.10. The van der Waals surface area contributed by atoms with Crippen molar-refractivity contribution in [1.29, 1.82) is 0 Å². The average Bonchev–Trinajstić information content (AvgIpc) is 2.94. The smallest absolute Gasteiger partial charge is 0.426 e. The molecule has 0 saturated heterocycles. The summed E-state index contributed by atoms with van der Waals surface area (Å²) >= 11 is 1.37. The van der Waals surface area contributed by atoms with Gasteiger partial charge in [0.2, 0.25) is 3.68 Å². The van der Waals surface area contributed by atoms with E-state index in [2.05, 4.69) is 24.6 Å². The SMILES string of the molecule is Cc1nccn1CC1=C(F)C(F)(I)C=CC1(COCC[Si](C)(C)C)B(O)O. The average molecular weight is 510 g/mol. The lowest BCUT2D eigenvalue weighted by molar-refractivity contribution is 0.122. The molecular weight excluding hydrogens is 484 g/mol. The van der Waals surface area contributed by atoms with Crippen LogP contribution in [0.1, 0.15) is 5.82 Å². The fourth-order valence-electron chi connectivity index (χ4n) is 2.86. The molecule has 1 heterocycles. The van der Waals surface area contributed by atoms with Gasteiger partial charge < -0.3 is 19.4 Å². The minimum atomic E-state index is -2.34. The summed E-state index contributed by atoms with van der Waals surface area (Å²) in [7, 11) is -3.27. The van der Waals surface area contributed by atoms with Crippen LogP contribution in [-0.2, 0) is 11.3 Å². The number of aryl methyl sites for hydroxylation is 1. The van der Waals surface area contributed by atoms with Gasteiger partial charge in [-0.25, -0.2) is 13.8 Å². The summed E-state index contributed by atoms with van der Waals surface area (Å²) < 4.78 is 34.7. The molecule has 2 N–H and O–H groups in total. The molecule has 1 aliphatic rings. The summed E-state index contributed by atoms with van der Waals surface area (Å²) in [6.45, 7) is 8.59. The van der Waals surface area contributed by atoms with Crippen LogP contribution in [0.3, 0.4) is 0 Å². The van der Waals surface area contributed by atoms with Gasteiger partial charge in [0.1, 0.15) is 5.82 Å². The Morgan fingerprint density at radius 1 is 1.33 bits per heavy atom. The molecule has 0 amide bonds. The number of halogens is 3. The van der Waals surface area contributed by atoms with E-state index in [1.165, 1.54) is 28.7 Å². The highest BCUT2D eigenvalue weighted by Crippen LogP contribution is 2.51. The largest absolute Gasteiger partial charge is 0.469 e. The minimum Gasteiger partial charge on any atom is -0.426 e. The topological polar surface area (TPSA) is 67.5 Å². The zero-order valence-electron chi connectivity index (χ0n) is 16.0. The van der Waals surface area contributed by atoms with Crippen molar-refractivity contribution in [2.24, 2.45) is 0 Å². The van der Waals surface area contributed by atoms with Crippen molar-refractivity contribution in [3.05, 3.63) is 41.8 Å². The Hall–Kier alpha value is -0.558. The summed E-state index contributed by atoms with van der Waals surface area (Å²) in [6.07, 6.45) is 5.54. The van der Waals surface area contributed by atoms with Crippen LogP contribution in [0.25, 0.3) is 0 Å². The summed E-state index contributed by atoms with van der Waals surface area (Å²) in [4.78, 5) is 4.09. The lowest BCUT2D eigenvalue weighted by Crippen LogP contribution is -2.42. The van der Waals surface area contributed by atoms with Crippen molar-refractivity contribution >= 4 is 37.8 Å². The molecule has 10 heteroatoms. The van der Waals surface area contributed by atoms with Crippen molar-refractivity contribution in [3.63, 3.8) is 0 Å². The molecule has 150 valence electrons. The number of hydrogen-bond donors (Lipinski definition) is 2. The van der Waals surface area contributed by atoms with Gasteiger partial charge >= 0.3 is 7.12 Å². The van der Waals surface area contributed by atoms with Crippen molar-refractivity contribution in [2.45, 2.75) is 48.1 Å². The summed E-state index contributed by atoms with van der Waals surface area (Å²) in [5.74, 6) is -0.413. The lowest BCUT2D eigenvalue weighted by Gasteiger charge is -2.38. The van der Waals surface area contributed by atoms with Gasteiger partial charge in [-0.1, -0.05) is 25.7 Å². The molecule has 0 fully saturated rings. The molecule has 2 atom stereocenters. The zero-order valence-corrected chi connectivity index (χ0v) is 19.2. The monoisotopic (exact) mass is 510 g/mol. The Morgan fingerprint density at radius 3 is 2.52 bits per heavy atom. The van der Waals surface area contributed by atoms with Crippen LogP contribution >= 0.6 is 22.6 Å². The van der Waals surface area contributed by atoms with Gasteiger partial charge in [0.05, 0.1) is 11.9 Å². The van der Waals surface area contributed by atoms with Gasteiger partial charge in [-0.3, -0.25) is 0 Å². The molecule has 5 nitrogen and oxygen atoms in total. The van der Waals surface area contributed by atoms with E-state index in [9.17, 15) is 14.4 Å². The molecule has 0 bridgehead atoms. The second-order valence-electron chi connectivity index (χ2n) is 8.13. The van der Waals surface area contributed by atoms with Gasteiger partial charge in [0.25, 0.3) is 0 Å². The van der Waals surface area contributed by atoms with Crippen LogP contribution in [0.5, 0.6) is 0 Å². The van der Waals surface area contributed by atoms with E-state index in [1.54, 1.807) is 23.9 Å². The Balaban J connectivity index is 2.35. The van der Waals surface area contributed by atoms with E-state index in [-0.39, 0.29) is 18.7 Å². The summed E-state index contributed by atoms with van der Waals surface area (Å²) in [5.41, 5.74) is -0.0500. The first kappa shape index (κ1) is 22.7. The first-order valence-corrected chi connectivity index (χ1v) is 13.6. The van der Waals surface area contributed by atoms with Crippen molar-refractivity contribution in [3.8, 4) is 0 Å². The number of allylic oxidation sites excluding steroid dienone is 2. The first-order valence-electron chi connectivity index (χ1n) is 8.78.